The second-order valence-electron chi connectivity index (χ2n) is 8.16. The molecule has 1 atom stereocenters. The molecule has 1 aromatic heterocycles. The lowest BCUT2D eigenvalue weighted by molar-refractivity contribution is -0.131. The molecule has 178 valence electrons. The summed E-state index contributed by atoms with van der Waals surface area (Å²) < 4.78 is 27.3. The number of carbonyl (C=O) groups excluding carboxylic acids is 3. The third-order valence-electron chi connectivity index (χ3n) is 5.81. The summed E-state index contributed by atoms with van der Waals surface area (Å²) in [6.07, 6.45) is 0.736. The number of nitriles is 1. The lowest BCUT2D eigenvalue weighted by Gasteiger charge is -2.19. The Labute approximate surface area is 199 Å². The van der Waals surface area contributed by atoms with Crippen LogP contribution in [-0.2, 0) is 4.79 Å². The monoisotopic (exact) mass is 477 g/mol. The van der Waals surface area contributed by atoms with Gasteiger partial charge in [-0.1, -0.05) is 18.2 Å². The minimum absolute atomic E-state index is 0.228. The van der Waals surface area contributed by atoms with Gasteiger partial charge in [-0.05, 0) is 41.5 Å². The summed E-state index contributed by atoms with van der Waals surface area (Å²) in [7, 11) is 1.54. The van der Waals surface area contributed by atoms with Crippen molar-refractivity contribution in [2.24, 2.45) is 0 Å². The largest absolute Gasteiger partial charge is 0.355 e. The average Bonchev–Trinajstić information content (AvgIpc) is 3.20. The number of nitrogens with zero attached hydrogens (tertiary/aromatic N) is 3. The fourth-order valence-corrected chi connectivity index (χ4v) is 4.06. The maximum Gasteiger partial charge on any atom is 0.268 e. The Balaban J connectivity index is 1.57. The number of fused-ring (bicyclic) bond motifs is 1. The highest BCUT2D eigenvalue weighted by Crippen LogP contribution is 2.31. The van der Waals surface area contributed by atoms with Gasteiger partial charge in [0.15, 0.2) is 0 Å². The molecule has 8 nitrogen and oxygen atoms in total. The number of hydrogen-bond donors (Lipinski definition) is 2. The van der Waals surface area contributed by atoms with Crippen molar-refractivity contribution in [2.45, 2.75) is 18.4 Å². The zero-order valence-electron chi connectivity index (χ0n) is 18.7. The normalized spacial score (nSPS) is 16.5. The van der Waals surface area contributed by atoms with E-state index in [1.165, 1.54) is 12.3 Å². The SMILES string of the molecule is CNC(=O)c1cccc(-c2ccc3nccc(C(=O)NCC(=O)N4CC(F)(F)C[C@H]4C#N)c3c2)c1. The lowest BCUT2D eigenvalue weighted by Crippen LogP contribution is -2.43. The Morgan fingerprint density at radius 1 is 1.14 bits per heavy atom. The summed E-state index contributed by atoms with van der Waals surface area (Å²) in [5, 5.41) is 14.6. The molecule has 1 saturated heterocycles. The van der Waals surface area contributed by atoms with Crippen LogP contribution in [0.15, 0.2) is 54.7 Å². The molecule has 35 heavy (non-hydrogen) atoms. The van der Waals surface area contributed by atoms with E-state index in [4.69, 9.17) is 5.26 Å². The number of rotatable bonds is 5. The van der Waals surface area contributed by atoms with Gasteiger partial charge in [-0.15, -0.1) is 0 Å². The third kappa shape index (κ3) is 4.94. The Bertz CT molecular complexity index is 1370. The van der Waals surface area contributed by atoms with Crippen molar-refractivity contribution in [3.63, 3.8) is 0 Å². The van der Waals surface area contributed by atoms with Crippen molar-refractivity contribution >= 4 is 28.6 Å². The predicted octanol–water partition coefficient (Wildman–Crippen LogP) is 2.75. The zero-order valence-corrected chi connectivity index (χ0v) is 18.7. The summed E-state index contributed by atoms with van der Waals surface area (Å²) in [5.74, 6) is -4.70. The van der Waals surface area contributed by atoms with Gasteiger partial charge in [-0.2, -0.15) is 5.26 Å². The van der Waals surface area contributed by atoms with E-state index in [1.807, 2.05) is 12.1 Å². The molecule has 0 spiro atoms. The van der Waals surface area contributed by atoms with Gasteiger partial charge in [0.1, 0.15) is 6.04 Å². The first-order valence-electron chi connectivity index (χ1n) is 10.8. The van der Waals surface area contributed by atoms with Crippen LogP contribution in [0.1, 0.15) is 27.1 Å². The molecule has 0 bridgehead atoms. The fraction of sp³-hybridized carbons (Fsp3) is 0.240. The fourth-order valence-electron chi connectivity index (χ4n) is 4.06. The third-order valence-corrected chi connectivity index (χ3v) is 5.81. The number of aromatic nitrogens is 1. The first kappa shape index (κ1) is 23.8. The first-order valence-corrected chi connectivity index (χ1v) is 10.8. The van der Waals surface area contributed by atoms with Crippen LogP contribution in [0.25, 0.3) is 22.0 Å². The second kappa shape index (κ2) is 9.46. The molecular formula is C25H21F2N5O3. The number of halogens is 2. The molecule has 1 aliphatic rings. The minimum Gasteiger partial charge on any atom is -0.355 e. The average molecular weight is 477 g/mol. The molecule has 0 aliphatic carbocycles. The molecule has 3 amide bonds. The van der Waals surface area contributed by atoms with Crippen molar-refractivity contribution in [1.82, 2.24) is 20.5 Å². The van der Waals surface area contributed by atoms with Crippen LogP contribution in [0.4, 0.5) is 8.78 Å². The molecule has 1 aliphatic heterocycles. The van der Waals surface area contributed by atoms with Crippen molar-refractivity contribution in [3.05, 3.63) is 65.9 Å². The molecule has 4 rings (SSSR count). The van der Waals surface area contributed by atoms with Crippen LogP contribution in [-0.4, -0.2) is 59.7 Å². The molecular weight excluding hydrogens is 456 g/mol. The molecule has 0 radical (unpaired) electrons. The highest BCUT2D eigenvalue weighted by atomic mass is 19.3. The van der Waals surface area contributed by atoms with Crippen molar-refractivity contribution in [3.8, 4) is 17.2 Å². The van der Waals surface area contributed by atoms with E-state index in [1.54, 1.807) is 43.4 Å². The Morgan fingerprint density at radius 2 is 1.91 bits per heavy atom. The maximum atomic E-state index is 13.6. The van der Waals surface area contributed by atoms with Crippen LogP contribution >= 0.6 is 0 Å². The maximum absolute atomic E-state index is 13.6. The quantitative estimate of drug-likeness (QED) is 0.587. The number of hydrogen-bond acceptors (Lipinski definition) is 5. The summed E-state index contributed by atoms with van der Waals surface area (Å²) >= 11 is 0. The number of nitrogens with one attached hydrogen (secondary N) is 2. The van der Waals surface area contributed by atoms with Gasteiger partial charge in [-0.25, -0.2) is 8.78 Å². The van der Waals surface area contributed by atoms with E-state index in [9.17, 15) is 23.2 Å². The molecule has 3 aromatic rings. The van der Waals surface area contributed by atoms with E-state index in [0.717, 1.165) is 16.0 Å². The van der Waals surface area contributed by atoms with Gasteiger partial charge in [0, 0.05) is 30.6 Å². The van der Waals surface area contributed by atoms with E-state index >= 15 is 0 Å². The molecule has 2 N–H and O–H groups in total. The van der Waals surface area contributed by atoms with Crippen LogP contribution in [0.5, 0.6) is 0 Å². The lowest BCUT2D eigenvalue weighted by atomic mass is 9.99. The highest BCUT2D eigenvalue weighted by Gasteiger charge is 2.47. The predicted molar refractivity (Wildman–Crippen MR) is 124 cm³/mol. The van der Waals surface area contributed by atoms with E-state index < -0.39 is 43.3 Å². The van der Waals surface area contributed by atoms with Crippen LogP contribution in [0, 0.1) is 11.3 Å². The van der Waals surface area contributed by atoms with Gasteiger partial charge in [0.25, 0.3) is 17.7 Å². The first-order chi connectivity index (χ1) is 16.7. The summed E-state index contributed by atoms with van der Waals surface area (Å²) in [5.41, 5.74) is 2.78. The summed E-state index contributed by atoms with van der Waals surface area (Å²) in [4.78, 5) is 42.4. The molecule has 2 heterocycles. The van der Waals surface area contributed by atoms with E-state index in [2.05, 4.69) is 15.6 Å². The topological polar surface area (TPSA) is 115 Å². The van der Waals surface area contributed by atoms with Crippen molar-refractivity contribution in [1.29, 1.82) is 5.26 Å². The van der Waals surface area contributed by atoms with Crippen molar-refractivity contribution in [2.75, 3.05) is 20.1 Å². The molecule has 1 fully saturated rings. The number of benzene rings is 2. The van der Waals surface area contributed by atoms with Crippen LogP contribution < -0.4 is 10.6 Å². The number of likely N-dealkylation sites (tertiary alicyclic amines) is 1. The van der Waals surface area contributed by atoms with Gasteiger partial charge in [0.2, 0.25) is 5.91 Å². The second-order valence-corrected chi connectivity index (χ2v) is 8.16. The molecule has 0 unspecified atom stereocenters. The molecule has 0 saturated carbocycles. The van der Waals surface area contributed by atoms with E-state index in [0.29, 0.717) is 16.5 Å². The van der Waals surface area contributed by atoms with Gasteiger partial charge >= 0.3 is 0 Å². The van der Waals surface area contributed by atoms with Crippen LogP contribution in [0.3, 0.4) is 0 Å². The van der Waals surface area contributed by atoms with E-state index in [-0.39, 0.29) is 11.5 Å². The minimum atomic E-state index is -3.13. The Morgan fingerprint density at radius 3 is 2.66 bits per heavy atom. The Kier molecular flexibility index (Phi) is 6.42. The standard InChI is InChI=1S/C25H21F2N5O3/c1-29-23(34)17-4-2-3-15(9-17)16-5-6-21-20(10-16)19(7-8-30-21)24(35)31-13-22(33)32-14-25(26,27)11-18(32)12-28/h2-10,18H,11,13-14H2,1H3,(H,29,34)(H,31,35)/t18-/m0/s1. The summed E-state index contributed by atoms with van der Waals surface area (Å²) in [6.45, 7) is -1.37. The Hall–Kier alpha value is -4.39. The highest BCUT2D eigenvalue weighted by molar-refractivity contribution is 6.07. The number of pyridine rings is 1. The van der Waals surface area contributed by atoms with Gasteiger partial charge in [0.05, 0.1) is 30.2 Å². The number of carbonyl (C=O) groups is 3. The van der Waals surface area contributed by atoms with Crippen molar-refractivity contribution < 1.29 is 23.2 Å². The van der Waals surface area contributed by atoms with Gasteiger partial charge < -0.3 is 15.5 Å². The smallest absolute Gasteiger partial charge is 0.268 e. The molecule has 2 aromatic carbocycles. The van der Waals surface area contributed by atoms with Crippen LogP contribution in [0.2, 0.25) is 0 Å². The molecule has 10 heteroatoms. The summed E-state index contributed by atoms with van der Waals surface area (Å²) in [6, 6.07) is 14.3. The van der Waals surface area contributed by atoms with Gasteiger partial charge in [-0.3, -0.25) is 19.4 Å². The number of alkyl halides is 2. The number of amides is 3. The zero-order chi connectivity index (χ0) is 25.2.